The number of H-pyrrole nitrogens is 1. The Morgan fingerprint density at radius 1 is 1.27 bits per heavy atom. The van der Waals surface area contributed by atoms with Crippen LogP contribution in [-0.4, -0.2) is 35.8 Å². The zero-order valence-corrected chi connectivity index (χ0v) is 15.4. The van der Waals surface area contributed by atoms with E-state index in [2.05, 4.69) is 29.5 Å². The van der Waals surface area contributed by atoms with Crippen molar-refractivity contribution >= 4 is 22.6 Å². The molecule has 3 aliphatic rings. The van der Waals surface area contributed by atoms with Gasteiger partial charge in [-0.3, -0.25) is 9.59 Å². The molecule has 0 radical (unpaired) electrons. The number of amides is 1. The van der Waals surface area contributed by atoms with Crippen molar-refractivity contribution in [2.24, 2.45) is 5.41 Å². The van der Waals surface area contributed by atoms with Gasteiger partial charge in [-0.15, -0.1) is 0 Å². The van der Waals surface area contributed by atoms with Crippen LogP contribution in [-0.2, 0) is 5.41 Å². The number of aromatic amines is 1. The number of rotatable bonds is 2. The predicted octanol–water partition coefficient (Wildman–Crippen LogP) is 2.90. The Balaban J connectivity index is 1.57. The molecule has 136 valence electrons. The van der Waals surface area contributed by atoms with Crippen LogP contribution in [0.25, 0.3) is 10.9 Å². The van der Waals surface area contributed by atoms with Gasteiger partial charge in [0.2, 0.25) is 0 Å². The number of aromatic nitrogens is 1. The molecule has 5 heteroatoms. The Morgan fingerprint density at radius 2 is 2.08 bits per heavy atom. The van der Waals surface area contributed by atoms with E-state index in [4.69, 9.17) is 0 Å². The lowest BCUT2D eigenvalue weighted by Crippen LogP contribution is -2.36. The van der Waals surface area contributed by atoms with Gasteiger partial charge in [-0.05, 0) is 61.4 Å². The van der Waals surface area contributed by atoms with Crippen molar-refractivity contribution in [1.82, 2.24) is 15.6 Å². The molecule has 3 N–H and O–H groups in total. The van der Waals surface area contributed by atoms with Gasteiger partial charge >= 0.3 is 0 Å². The molecule has 5 rings (SSSR count). The zero-order valence-electron chi connectivity index (χ0n) is 15.4. The lowest BCUT2D eigenvalue weighted by atomic mass is 9.68. The zero-order chi connectivity index (χ0) is 18.1. The van der Waals surface area contributed by atoms with Crippen molar-refractivity contribution in [3.8, 4) is 0 Å². The normalized spacial score (nSPS) is 25.5. The number of ketones is 1. The number of hydrogen-bond donors (Lipinski definition) is 3. The first-order valence-electron chi connectivity index (χ1n) is 9.62. The van der Waals surface area contributed by atoms with Gasteiger partial charge in [0.15, 0.2) is 5.78 Å². The minimum atomic E-state index is -0.319. The molecule has 0 bridgehead atoms. The van der Waals surface area contributed by atoms with Crippen LogP contribution in [0, 0.1) is 5.41 Å². The standard InChI is InChI=1S/C21H25N3O2/c1-20(2)11-21(6-7-21)16-14-9-12(19(26)23-13-5-8-22-10-13)3-4-15(14)24-17(16)18(20)25/h3-4,9,13,22,24H,5-8,10-11H2,1-2H3,(H,23,26). The van der Waals surface area contributed by atoms with Crippen molar-refractivity contribution in [3.63, 3.8) is 0 Å². The van der Waals surface area contributed by atoms with Crippen LogP contribution < -0.4 is 10.6 Å². The number of benzene rings is 1. The smallest absolute Gasteiger partial charge is 0.251 e. The number of hydrogen-bond acceptors (Lipinski definition) is 3. The van der Waals surface area contributed by atoms with Crippen molar-refractivity contribution in [1.29, 1.82) is 0 Å². The molecule has 5 nitrogen and oxygen atoms in total. The molecule has 1 spiro atoms. The van der Waals surface area contributed by atoms with Gasteiger partial charge in [-0.25, -0.2) is 0 Å². The molecule has 2 aromatic rings. The Bertz CT molecular complexity index is 930. The maximum atomic E-state index is 13.0. The third kappa shape index (κ3) is 2.26. The van der Waals surface area contributed by atoms with E-state index >= 15 is 0 Å². The van der Waals surface area contributed by atoms with Crippen molar-refractivity contribution < 1.29 is 9.59 Å². The van der Waals surface area contributed by atoms with E-state index in [1.165, 1.54) is 0 Å². The van der Waals surface area contributed by atoms with E-state index in [1.807, 2.05) is 18.2 Å². The number of carbonyl (C=O) groups is 2. The molecule has 1 saturated heterocycles. The largest absolute Gasteiger partial charge is 0.352 e. The van der Waals surface area contributed by atoms with E-state index in [0.29, 0.717) is 5.56 Å². The number of nitrogens with one attached hydrogen (secondary N) is 3. The summed E-state index contributed by atoms with van der Waals surface area (Å²) in [5, 5.41) is 7.44. The Kier molecular flexibility index (Phi) is 3.21. The molecule has 1 saturated carbocycles. The van der Waals surface area contributed by atoms with E-state index in [1.54, 1.807) is 0 Å². The Labute approximate surface area is 152 Å². The number of fused-ring (bicyclic) bond motifs is 4. The maximum absolute atomic E-state index is 13.0. The van der Waals surface area contributed by atoms with Gasteiger partial charge in [0.1, 0.15) is 0 Å². The van der Waals surface area contributed by atoms with Crippen molar-refractivity contribution in [2.45, 2.75) is 51.0 Å². The predicted molar refractivity (Wildman–Crippen MR) is 101 cm³/mol. The summed E-state index contributed by atoms with van der Waals surface area (Å²) < 4.78 is 0. The van der Waals surface area contributed by atoms with Gasteiger partial charge in [-0.2, -0.15) is 0 Å². The van der Waals surface area contributed by atoms with E-state index < -0.39 is 0 Å². The summed E-state index contributed by atoms with van der Waals surface area (Å²) >= 11 is 0. The lowest BCUT2D eigenvalue weighted by Gasteiger charge is -2.34. The number of carbonyl (C=O) groups excluding carboxylic acids is 2. The first kappa shape index (κ1) is 16.1. The van der Waals surface area contributed by atoms with Gasteiger partial charge in [0, 0.05) is 34.5 Å². The molecule has 2 heterocycles. The first-order chi connectivity index (χ1) is 12.4. The summed E-state index contributed by atoms with van der Waals surface area (Å²) in [5.41, 5.74) is 3.38. The molecule has 2 aliphatic carbocycles. The fraction of sp³-hybridized carbons (Fsp3) is 0.524. The van der Waals surface area contributed by atoms with Gasteiger partial charge < -0.3 is 15.6 Å². The summed E-state index contributed by atoms with van der Waals surface area (Å²) in [6, 6.07) is 5.99. The molecule has 1 aliphatic heterocycles. The molecule has 2 fully saturated rings. The lowest BCUT2D eigenvalue weighted by molar-refractivity contribution is 0.0782. The van der Waals surface area contributed by atoms with Gasteiger partial charge in [0.05, 0.1) is 5.69 Å². The van der Waals surface area contributed by atoms with E-state index in [9.17, 15) is 9.59 Å². The number of Topliss-reactive ketones (excluding diaryl/α,β-unsaturated/α-hetero) is 1. The van der Waals surface area contributed by atoms with Crippen LogP contribution >= 0.6 is 0 Å². The molecule has 26 heavy (non-hydrogen) atoms. The van der Waals surface area contributed by atoms with Crippen molar-refractivity contribution in [3.05, 3.63) is 35.0 Å². The van der Waals surface area contributed by atoms with Crippen LogP contribution in [0.3, 0.4) is 0 Å². The SMILES string of the molecule is CC1(C)CC2(CC2)c2c([nH]c3ccc(C(=O)NC4CCNC4)cc23)C1=O. The van der Waals surface area contributed by atoms with Crippen LogP contribution in [0.5, 0.6) is 0 Å². The summed E-state index contributed by atoms with van der Waals surface area (Å²) in [4.78, 5) is 29.0. The fourth-order valence-corrected chi connectivity index (χ4v) is 5.03. The Morgan fingerprint density at radius 3 is 2.77 bits per heavy atom. The van der Waals surface area contributed by atoms with Crippen LogP contribution in [0.1, 0.15) is 65.9 Å². The van der Waals surface area contributed by atoms with Crippen molar-refractivity contribution in [2.75, 3.05) is 13.1 Å². The second-order valence-electron chi connectivity index (χ2n) is 8.97. The average molecular weight is 351 g/mol. The molecular weight excluding hydrogens is 326 g/mol. The highest BCUT2D eigenvalue weighted by molar-refractivity contribution is 6.08. The molecule has 1 aromatic heterocycles. The van der Waals surface area contributed by atoms with Gasteiger partial charge in [-0.1, -0.05) is 13.8 Å². The third-order valence-electron chi connectivity index (χ3n) is 6.46. The summed E-state index contributed by atoms with van der Waals surface area (Å²) in [5.74, 6) is 0.173. The monoisotopic (exact) mass is 351 g/mol. The van der Waals surface area contributed by atoms with Crippen LogP contribution in [0.2, 0.25) is 0 Å². The molecular formula is C21H25N3O2. The fourth-order valence-electron chi connectivity index (χ4n) is 5.03. The topological polar surface area (TPSA) is 74.0 Å². The van der Waals surface area contributed by atoms with E-state index in [0.717, 1.165) is 60.9 Å². The molecule has 1 atom stereocenters. The summed E-state index contributed by atoms with van der Waals surface area (Å²) in [6.07, 6.45) is 4.14. The summed E-state index contributed by atoms with van der Waals surface area (Å²) in [6.45, 7) is 5.90. The summed E-state index contributed by atoms with van der Waals surface area (Å²) in [7, 11) is 0. The van der Waals surface area contributed by atoms with Gasteiger partial charge in [0.25, 0.3) is 5.91 Å². The first-order valence-corrected chi connectivity index (χ1v) is 9.62. The average Bonchev–Trinajstić information content (AvgIpc) is 3.02. The second kappa shape index (κ2) is 5.19. The van der Waals surface area contributed by atoms with Crippen LogP contribution in [0.4, 0.5) is 0 Å². The highest BCUT2D eigenvalue weighted by Crippen LogP contribution is 2.61. The van der Waals surface area contributed by atoms with Crippen LogP contribution in [0.15, 0.2) is 18.2 Å². The minimum absolute atomic E-state index is 0.0251. The molecule has 1 aromatic carbocycles. The highest BCUT2D eigenvalue weighted by atomic mass is 16.1. The second-order valence-corrected chi connectivity index (χ2v) is 8.97. The quantitative estimate of drug-likeness (QED) is 0.779. The molecule has 1 unspecified atom stereocenters. The molecule has 1 amide bonds. The highest BCUT2D eigenvalue weighted by Gasteiger charge is 2.56. The third-order valence-corrected chi connectivity index (χ3v) is 6.46. The maximum Gasteiger partial charge on any atom is 0.251 e. The minimum Gasteiger partial charge on any atom is -0.352 e. The Hall–Kier alpha value is -2.14. The van der Waals surface area contributed by atoms with E-state index in [-0.39, 0.29) is 28.6 Å².